The van der Waals surface area contributed by atoms with Crippen LogP contribution in [0.3, 0.4) is 0 Å². The molecule has 0 heterocycles. The van der Waals surface area contributed by atoms with Gasteiger partial charge in [-0.2, -0.15) is 0 Å². The van der Waals surface area contributed by atoms with Gasteiger partial charge in [-0.15, -0.1) is 0 Å². The average Bonchev–Trinajstić information content (AvgIpc) is 2.83. The van der Waals surface area contributed by atoms with E-state index in [9.17, 15) is 4.79 Å². The number of hydrogen-bond donors (Lipinski definition) is 0. The zero-order valence-electron chi connectivity index (χ0n) is 16.6. The van der Waals surface area contributed by atoms with Crippen LogP contribution in [-0.4, -0.2) is 5.78 Å². The van der Waals surface area contributed by atoms with E-state index in [0.717, 1.165) is 22.3 Å². The number of carbonyl (C=O) groups excluding carboxylic acids is 1. The smallest absolute Gasteiger partial charge is 0.194 e. The summed E-state index contributed by atoms with van der Waals surface area (Å²) in [5.74, 6) is 0.0000983. The molecular weight excluding hydrogens is 364 g/mol. The van der Waals surface area contributed by atoms with Gasteiger partial charge in [-0.1, -0.05) is 121 Å². The van der Waals surface area contributed by atoms with Gasteiger partial charge in [0.15, 0.2) is 5.78 Å². The molecule has 0 N–H and O–H groups in total. The van der Waals surface area contributed by atoms with Crippen LogP contribution in [0.2, 0.25) is 0 Å². The molecule has 144 valence electrons. The molecule has 0 spiro atoms. The third kappa shape index (κ3) is 4.71. The highest BCUT2D eigenvalue weighted by Gasteiger charge is 2.18. The standard InChI is InChI=1S/C29H22O/c30-29(27(25-17-9-3-10-18-25)21-23-13-5-1-6-14-23)28(26-19-11-4-12-20-26)22-24-15-7-2-8-16-24/h1-22H. The van der Waals surface area contributed by atoms with Gasteiger partial charge in [-0.05, 0) is 34.4 Å². The van der Waals surface area contributed by atoms with Crippen molar-refractivity contribution < 1.29 is 4.79 Å². The summed E-state index contributed by atoms with van der Waals surface area (Å²) in [7, 11) is 0. The second-order valence-corrected chi connectivity index (χ2v) is 7.00. The summed E-state index contributed by atoms with van der Waals surface area (Å²) in [5, 5.41) is 0. The minimum Gasteiger partial charge on any atom is -0.289 e. The quantitative estimate of drug-likeness (QED) is 0.257. The van der Waals surface area contributed by atoms with E-state index in [1.165, 1.54) is 0 Å². The normalized spacial score (nSPS) is 11.9. The molecular formula is C29H22O. The van der Waals surface area contributed by atoms with Crippen LogP contribution in [0.5, 0.6) is 0 Å². The number of benzene rings is 4. The van der Waals surface area contributed by atoms with Crippen LogP contribution in [0.4, 0.5) is 0 Å². The van der Waals surface area contributed by atoms with Crippen LogP contribution in [0, 0.1) is 0 Å². The fourth-order valence-corrected chi connectivity index (χ4v) is 3.37. The molecule has 0 aliphatic rings. The Labute approximate surface area is 177 Å². The molecule has 30 heavy (non-hydrogen) atoms. The van der Waals surface area contributed by atoms with Gasteiger partial charge in [0.05, 0.1) is 0 Å². The summed E-state index contributed by atoms with van der Waals surface area (Å²) >= 11 is 0. The zero-order chi connectivity index (χ0) is 20.6. The highest BCUT2D eigenvalue weighted by molar-refractivity contribution is 6.46. The van der Waals surface area contributed by atoms with Crippen LogP contribution in [0.25, 0.3) is 23.3 Å². The van der Waals surface area contributed by atoms with E-state index in [0.29, 0.717) is 11.1 Å². The topological polar surface area (TPSA) is 17.1 Å². The molecule has 4 aromatic carbocycles. The predicted octanol–water partition coefficient (Wildman–Crippen LogP) is 7.04. The summed E-state index contributed by atoms with van der Waals surface area (Å²) in [5.41, 5.74) is 5.15. The maximum atomic E-state index is 13.9. The molecule has 1 heteroatoms. The van der Waals surface area contributed by atoms with Crippen molar-refractivity contribution in [2.45, 2.75) is 0 Å². The molecule has 0 saturated carbocycles. The Morgan fingerprint density at radius 3 is 1.07 bits per heavy atom. The lowest BCUT2D eigenvalue weighted by Gasteiger charge is -2.12. The van der Waals surface area contributed by atoms with E-state index in [2.05, 4.69) is 0 Å². The lowest BCUT2D eigenvalue weighted by Crippen LogP contribution is -2.05. The van der Waals surface area contributed by atoms with Gasteiger partial charge in [0.1, 0.15) is 0 Å². The van der Waals surface area contributed by atoms with Crippen molar-refractivity contribution >= 4 is 29.1 Å². The number of rotatable bonds is 6. The van der Waals surface area contributed by atoms with E-state index in [4.69, 9.17) is 0 Å². The van der Waals surface area contributed by atoms with Crippen molar-refractivity contribution in [3.8, 4) is 0 Å². The number of allylic oxidation sites excluding steroid dienone is 2. The molecule has 0 aliphatic heterocycles. The monoisotopic (exact) mass is 386 g/mol. The number of hydrogen-bond acceptors (Lipinski definition) is 1. The van der Waals surface area contributed by atoms with E-state index in [1.54, 1.807) is 0 Å². The van der Waals surface area contributed by atoms with Gasteiger partial charge in [0.25, 0.3) is 0 Å². The Morgan fingerprint density at radius 2 is 0.733 bits per heavy atom. The van der Waals surface area contributed by atoms with Gasteiger partial charge in [-0.3, -0.25) is 4.79 Å². The SMILES string of the molecule is O=C(C(=Cc1ccccc1)c1ccccc1)C(=Cc1ccccc1)c1ccccc1. The molecule has 0 aromatic heterocycles. The molecule has 0 radical (unpaired) electrons. The Balaban J connectivity index is 1.87. The minimum atomic E-state index is 0.0000983. The Bertz CT molecular complexity index is 1060. The van der Waals surface area contributed by atoms with Crippen molar-refractivity contribution in [2.75, 3.05) is 0 Å². The average molecular weight is 386 g/mol. The predicted molar refractivity (Wildman–Crippen MR) is 127 cm³/mol. The van der Waals surface area contributed by atoms with E-state index < -0.39 is 0 Å². The third-order valence-corrected chi connectivity index (χ3v) is 4.88. The maximum absolute atomic E-state index is 13.9. The van der Waals surface area contributed by atoms with Crippen LogP contribution >= 0.6 is 0 Å². The van der Waals surface area contributed by atoms with Crippen molar-refractivity contribution in [2.24, 2.45) is 0 Å². The summed E-state index contributed by atoms with van der Waals surface area (Å²) in [6, 6.07) is 39.7. The molecule has 0 atom stereocenters. The molecule has 0 amide bonds. The van der Waals surface area contributed by atoms with Crippen molar-refractivity contribution in [3.63, 3.8) is 0 Å². The molecule has 0 bridgehead atoms. The summed E-state index contributed by atoms with van der Waals surface area (Å²) in [4.78, 5) is 13.9. The summed E-state index contributed by atoms with van der Waals surface area (Å²) in [6.07, 6.45) is 3.94. The van der Waals surface area contributed by atoms with Crippen LogP contribution in [0.1, 0.15) is 22.3 Å². The van der Waals surface area contributed by atoms with Crippen molar-refractivity contribution in [1.29, 1.82) is 0 Å². The fraction of sp³-hybridized carbons (Fsp3) is 0. The first-order valence-corrected chi connectivity index (χ1v) is 10.0. The molecule has 0 saturated heterocycles. The van der Waals surface area contributed by atoms with E-state index >= 15 is 0 Å². The number of Topliss-reactive ketones (excluding diaryl/α,β-unsaturated/α-hetero) is 1. The van der Waals surface area contributed by atoms with Gasteiger partial charge in [0, 0.05) is 11.1 Å². The minimum absolute atomic E-state index is 0.0000983. The molecule has 0 fully saturated rings. The number of carbonyl (C=O) groups is 1. The lowest BCUT2D eigenvalue weighted by atomic mass is 9.90. The Kier molecular flexibility index (Phi) is 6.12. The van der Waals surface area contributed by atoms with Crippen molar-refractivity contribution in [1.82, 2.24) is 0 Å². The molecule has 0 aliphatic carbocycles. The first-order chi connectivity index (χ1) is 14.8. The lowest BCUT2D eigenvalue weighted by molar-refractivity contribution is -0.108. The fourth-order valence-electron chi connectivity index (χ4n) is 3.37. The molecule has 1 nitrogen and oxygen atoms in total. The second kappa shape index (κ2) is 9.49. The summed E-state index contributed by atoms with van der Waals surface area (Å²) < 4.78 is 0. The third-order valence-electron chi connectivity index (χ3n) is 4.88. The Hall–Kier alpha value is -3.97. The number of ketones is 1. The molecule has 0 unspecified atom stereocenters. The second-order valence-electron chi connectivity index (χ2n) is 7.00. The Morgan fingerprint density at radius 1 is 0.433 bits per heavy atom. The molecule has 4 aromatic rings. The zero-order valence-corrected chi connectivity index (χ0v) is 16.6. The van der Waals surface area contributed by atoms with Gasteiger partial charge >= 0.3 is 0 Å². The van der Waals surface area contributed by atoms with Gasteiger partial charge in [-0.25, -0.2) is 0 Å². The van der Waals surface area contributed by atoms with Gasteiger partial charge < -0.3 is 0 Å². The molecule has 4 rings (SSSR count). The van der Waals surface area contributed by atoms with Crippen LogP contribution in [0.15, 0.2) is 121 Å². The first kappa shape index (κ1) is 19.4. The highest BCUT2D eigenvalue weighted by atomic mass is 16.1. The van der Waals surface area contributed by atoms with Crippen molar-refractivity contribution in [3.05, 3.63) is 144 Å². The first-order valence-electron chi connectivity index (χ1n) is 10.0. The highest BCUT2D eigenvalue weighted by Crippen LogP contribution is 2.29. The van der Waals surface area contributed by atoms with E-state index in [-0.39, 0.29) is 5.78 Å². The summed E-state index contributed by atoms with van der Waals surface area (Å²) in [6.45, 7) is 0. The van der Waals surface area contributed by atoms with Gasteiger partial charge in [0.2, 0.25) is 0 Å². The largest absolute Gasteiger partial charge is 0.289 e. The van der Waals surface area contributed by atoms with E-state index in [1.807, 2.05) is 133 Å². The van der Waals surface area contributed by atoms with Crippen LogP contribution in [-0.2, 0) is 4.79 Å². The maximum Gasteiger partial charge on any atom is 0.194 e. The van der Waals surface area contributed by atoms with Crippen LogP contribution < -0.4 is 0 Å².